The molecule has 8 nitrogen and oxygen atoms in total. The van der Waals surface area contributed by atoms with Crippen LogP contribution in [-0.4, -0.2) is 31.8 Å². The highest BCUT2D eigenvalue weighted by Crippen LogP contribution is 2.33. The van der Waals surface area contributed by atoms with Crippen molar-refractivity contribution in [3.05, 3.63) is 59.5 Å². The summed E-state index contributed by atoms with van der Waals surface area (Å²) in [5.41, 5.74) is 10.1. The predicted molar refractivity (Wildman–Crippen MR) is 112 cm³/mol. The minimum atomic E-state index is 0.0778. The summed E-state index contributed by atoms with van der Waals surface area (Å²) in [6, 6.07) is 10.4. The number of fused-ring (bicyclic) bond motifs is 1. The summed E-state index contributed by atoms with van der Waals surface area (Å²) in [6.07, 6.45) is 5.89. The van der Waals surface area contributed by atoms with Crippen LogP contribution in [0.4, 0.5) is 17.6 Å². The van der Waals surface area contributed by atoms with Crippen molar-refractivity contribution in [3.8, 4) is 0 Å². The minimum absolute atomic E-state index is 0.0778. The molecule has 0 bridgehead atoms. The molecule has 2 unspecified atom stereocenters. The molecule has 5 N–H and O–H groups in total. The number of hydrogen-bond donors (Lipinski definition) is 4. The highest BCUT2D eigenvalue weighted by Gasteiger charge is 2.21. The third-order valence-corrected chi connectivity index (χ3v) is 5.50. The predicted octanol–water partition coefficient (Wildman–Crippen LogP) is 4.01. The highest BCUT2D eigenvalue weighted by atomic mass is 16.5. The van der Waals surface area contributed by atoms with Gasteiger partial charge in [-0.25, -0.2) is 4.98 Å². The van der Waals surface area contributed by atoms with Crippen LogP contribution in [0.15, 0.2) is 42.7 Å². The Hall–Kier alpha value is -3.39. The van der Waals surface area contributed by atoms with Crippen LogP contribution >= 0.6 is 0 Å². The number of anilines is 3. The SMILES string of the molecule is CC(c1ccc2[nH]ccc2c1)c1cnc(N)nc1Nc1cc(C2CCCO2)[nH]n1. The number of hydrogen-bond acceptors (Lipinski definition) is 6. The number of ether oxygens (including phenoxy) is 1. The summed E-state index contributed by atoms with van der Waals surface area (Å²) < 4.78 is 5.72. The minimum Gasteiger partial charge on any atom is -0.372 e. The Labute approximate surface area is 167 Å². The quantitative estimate of drug-likeness (QED) is 0.410. The van der Waals surface area contributed by atoms with E-state index in [0.717, 1.165) is 36.2 Å². The first kappa shape index (κ1) is 17.7. The van der Waals surface area contributed by atoms with Crippen LogP contribution in [0.1, 0.15) is 48.6 Å². The summed E-state index contributed by atoms with van der Waals surface area (Å²) in [4.78, 5) is 11.9. The molecule has 4 aromatic rings. The van der Waals surface area contributed by atoms with Crippen LogP contribution in [0.25, 0.3) is 10.9 Å². The van der Waals surface area contributed by atoms with Crippen LogP contribution < -0.4 is 11.1 Å². The summed E-state index contributed by atoms with van der Waals surface area (Å²) in [5, 5.41) is 11.9. The van der Waals surface area contributed by atoms with E-state index < -0.39 is 0 Å². The number of aromatic amines is 2. The largest absolute Gasteiger partial charge is 0.372 e. The van der Waals surface area contributed by atoms with Crippen molar-refractivity contribution in [1.82, 2.24) is 25.1 Å². The molecule has 0 radical (unpaired) electrons. The number of H-pyrrole nitrogens is 2. The van der Waals surface area contributed by atoms with Crippen LogP contribution in [0, 0.1) is 0 Å². The highest BCUT2D eigenvalue weighted by molar-refractivity contribution is 5.80. The monoisotopic (exact) mass is 389 g/mol. The van der Waals surface area contributed by atoms with Gasteiger partial charge in [-0.3, -0.25) is 5.10 Å². The van der Waals surface area contributed by atoms with Gasteiger partial charge in [0.2, 0.25) is 5.95 Å². The molecule has 5 rings (SSSR count). The van der Waals surface area contributed by atoms with Gasteiger partial charge in [-0.05, 0) is 42.0 Å². The second kappa shape index (κ2) is 7.21. The second-order valence-corrected chi connectivity index (χ2v) is 7.41. The van der Waals surface area contributed by atoms with Gasteiger partial charge in [-0.2, -0.15) is 10.1 Å². The molecule has 3 aromatic heterocycles. The summed E-state index contributed by atoms with van der Waals surface area (Å²) in [6.45, 7) is 2.93. The first-order valence-corrected chi connectivity index (χ1v) is 9.81. The van der Waals surface area contributed by atoms with Gasteiger partial charge in [0, 0.05) is 42.1 Å². The number of aromatic nitrogens is 5. The first-order chi connectivity index (χ1) is 14.2. The van der Waals surface area contributed by atoms with Gasteiger partial charge in [0.15, 0.2) is 5.82 Å². The van der Waals surface area contributed by atoms with Crippen molar-refractivity contribution in [2.24, 2.45) is 0 Å². The van der Waals surface area contributed by atoms with Crippen molar-refractivity contribution in [2.45, 2.75) is 31.8 Å². The molecule has 4 heterocycles. The number of rotatable bonds is 5. The zero-order chi connectivity index (χ0) is 19.8. The Bertz CT molecular complexity index is 1140. The Balaban J connectivity index is 1.45. The maximum absolute atomic E-state index is 5.87. The lowest BCUT2D eigenvalue weighted by Crippen LogP contribution is -2.07. The molecule has 1 saturated heterocycles. The lowest BCUT2D eigenvalue weighted by atomic mass is 9.93. The fourth-order valence-electron chi connectivity index (χ4n) is 3.85. The topological polar surface area (TPSA) is 118 Å². The van der Waals surface area contributed by atoms with E-state index in [-0.39, 0.29) is 18.0 Å². The van der Waals surface area contributed by atoms with E-state index in [1.54, 1.807) is 6.20 Å². The maximum atomic E-state index is 5.87. The van der Waals surface area contributed by atoms with E-state index >= 15 is 0 Å². The van der Waals surface area contributed by atoms with Gasteiger partial charge in [0.1, 0.15) is 5.82 Å². The molecular weight excluding hydrogens is 366 g/mol. The summed E-state index contributed by atoms with van der Waals surface area (Å²) in [5.74, 6) is 1.64. The number of nitrogens with one attached hydrogen (secondary N) is 3. The lowest BCUT2D eigenvalue weighted by Gasteiger charge is -2.16. The number of nitrogens with zero attached hydrogens (tertiary/aromatic N) is 3. The Kier molecular flexibility index (Phi) is 4.40. The average molecular weight is 389 g/mol. The van der Waals surface area contributed by atoms with E-state index in [0.29, 0.717) is 11.6 Å². The Morgan fingerprint density at radius 2 is 2.21 bits per heavy atom. The normalized spacial score (nSPS) is 17.6. The van der Waals surface area contributed by atoms with Crippen molar-refractivity contribution >= 4 is 28.5 Å². The molecule has 29 heavy (non-hydrogen) atoms. The molecule has 0 saturated carbocycles. The Morgan fingerprint density at radius 1 is 1.28 bits per heavy atom. The van der Waals surface area contributed by atoms with Gasteiger partial charge in [-0.15, -0.1) is 0 Å². The van der Waals surface area contributed by atoms with Crippen molar-refractivity contribution in [2.75, 3.05) is 17.7 Å². The van der Waals surface area contributed by atoms with E-state index in [1.165, 1.54) is 10.9 Å². The zero-order valence-electron chi connectivity index (χ0n) is 16.1. The first-order valence-electron chi connectivity index (χ1n) is 9.81. The lowest BCUT2D eigenvalue weighted by molar-refractivity contribution is 0.108. The van der Waals surface area contributed by atoms with E-state index in [2.05, 4.69) is 61.7 Å². The van der Waals surface area contributed by atoms with E-state index in [1.807, 2.05) is 12.3 Å². The zero-order valence-corrected chi connectivity index (χ0v) is 16.1. The van der Waals surface area contributed by atoms with Crippen LogP contribution in [0.3, 0.4) is 0 Å². The number of nitrogen functional groups attached to an aromatic ring is 1. The molecule has 0 aliphatic carbocycles. The van der Waals surface area contributed by atoms with Crippen molar-refractivity contribution in [1.29, 1.82) is 0 Å². The average Bonchev–Trinajstić information content (AvgIpc) is 3.48. The molecule has 1 fully saturated rings. The molecule has 1 aliphatic rings. The molecule has 0 amide bonds. The number of nitrogens with two attached hydrogens (primary N) is 1. The molecule has 1 aliphatic heterocycles. The summed E-state index contributed by atoms with van der Waals surface area (Å²) >= 11 is 0. The van der Waals surface area contributed by atoms with Crippen LogP contribution in [0.2, 0.25) is 0 Å². The van der Waals surface area contributed by atoms with Gasteiger partial charge in [0.05, 0.1) is 11.8 Å². The van der Waals surface area contributed by atoms with Crippen LogP contribution in [0.5, 0.6) is 0 Å². The Morgan fingerprint density at radius 3 is 3.07 bits per heavy atom. The standard InChI is InChI=1S/C21H23N7O/c1-12(13-4-5-16-14(9-13)6-7-23-16)15-11-24-21(22)26-20(15)25-19-10-17(27-28-19)18-3-2-8-29-18/h4-7,9-12,18,23H,2-3,8H2,1H3,(H4,22,24,25,26,27,28). The van der Waals surface area contributed by atoms with Crippen LogP contribution in [-0.2, 0) is 4.74 Å². The molecule has 0 spiro atoms. The second-order valence-electron chi connectivity index (χ2n) is 7.41. The van der Waals surface area contributed by atoms with E-state index in [4.69, 9.17) is 10.5 Å². The third kappa shape index (κ3) is 3.42. The molecule has 2 atom stereocenters. The fourth-order valence-corrected chi connectivity index (χ4v) is 3.85. The summed E-state index contributed by atoms with van der Waals surface area (Å²) in [7, 11) is 0. The molecule has 8 heteroatoms. The van der Waals surface area contributed by atoms with Crippen molar-refractivity contribution < 1.29 is 4.74 Å². The fraction of sp³-hybridized carbons (Fsp3) is 0.286. The maximum Gasteiger partial charge on any atom is 0.221 e. The van der Waals surface area contributed by atoms with E-state index in [9.17, 15) is 0 Å². The smallest absolute Gasteiger partial charge is 0.221 e. The molecule has 1 aromatic carbocycles. The number of benzene rings is 1. The molecule has 148 valence electrons. The van der Waals surface area contributed by atoms with Gasteiger partial charge >= 0.3 is 0 Å². The molecular formula is C21H23N7O. The van der Waals surface area contributed by atoms with Gasteiger partial charge in [-0.1, -0.05) is 13.0 Å². The van der Waals surface area contributed by atoms with Gasteiger partial charge < -0.3 is 20.8 Å². The third-order valence-electron chi connectivity index (χ3n) is 5.50. The van der Waals surface area contributed by atoms with Crippen molar-refractivity contribution in [3.63, 3.8) is 0 Å². The van der Waals surface area contributed by atoms with Gasteiger partial charge in [0.25, 0.3) is 0 Å².